The molecule has 0 aromatic carbocycles. The van der Waals surface area contributed by atoms with Gasteiger partial charge < -0.3 is 26.5 Å². The SMILES string of the molecule is NCCCSOOO.NCCCSOO[O-].O=S(=O)(O)CCCSOOO.O=S(=O)([O-])CCCSOO[O-].[Na+].[Na+].[Na+]. The van der Waals surface area contributed by atoms with Gasteiger partial charge >= 0.3 is 88.7 Å². The maximum atomic E-state index is 10.1. The molecule has 0 aromatic heterocycles. The van der Waals surface area contributed by atoms with E-state index in [4.69, 9.17) is 37.0 Å². The Balaban J connectivity index is -0.0000000742. The zero-order valence-corrected chi connectivity index (χ0v) is 33.5. The van der Waals surface area contributed by atoms with E-state index < -0.39 is 26.0 Å². The van der Waals surface area contributed by atoms with Crippen LogP contribution < -0.4 is 111 Å². The molecule has 0 amide bonds. The molecule has 236 valence electrons. The number of hydrogen-bond donors (Lipinski definition) is 5. The Hall–Kier alpha value is 3.66. The average Bonchev–Trinajstić information content (AvgIpc) is 2.84. The Morgan fingerprint density at radius 3 is 1.20 bits per heavy atom. The predicted octanol–water partition coefficient (Wildman–Crippen LogP) is -10.2. The minimum atomic E-state index is -4.15. The van der Waals surface area contributed by atoms with Gasteiger partial charge in [-0.3, -0.25) is 14.6 Å². The summed E-state index contributed by atoms with van der Waals surface area (Å²) in [5, 5.41) is 46.0. The molecule has 0 saturated carbocycles. The van der Waals surface area contributed by atoms with Gasteiger partial charge in [0.25, 0.3) is 10.1 Å². The Kier molecular flexibility index (Phi) is 74.0. The standard InChI is InChI=1S/2C3H9NO3S.2C3H8O6S2.3Na/c2*4-2-1-3-8-7-6-5;2*4-8-9-10-2-1-3-11(5,6)7;;;/h2*5H,1-4H2;2*4H,1-3H2,(H,5,6,7);;;/q;;;;3*+1/p-3. The number of nitrogens with two attached hydrogens (primary N) is 2. The van der Waals surface area contributed by atoms with E-state index in [1.807, 2.05) is 0 Å². The van der Waals surface area contributed by atoms with Crippen molar-refractivity contribution in [3.05, 3.63) is 0 Å². The normalized spacial score (nSPS) is 10.1. The molecule has 29 heteroatoms. The van der Waals surface area contributed by atoms with Crippen LogP contribution in [0, 0.1) is 0 Å². The third-order valence-electron chi connectivity index (χ3n) is 2.42. The molecule has 7 N–H and O–H groups in total. The van der Waals surface area contributed by atoms with Gasteiger partial charge in [-0.05, 0) is 38.8 Å². The summed E-state index contributed by atoms with van der Waals surface area (Å²) in [6.45, 7) is 1.23. The fourth-order valence-corrected chi connectivity index (χ4v) is 4.00. The van der Waals surface area contributed by atoms with Crippen molar-refractivity contribution in [3.8, 4) is 0 Å². The van der Waals surface area contributed by atoms with Gasteiger partial charge in [-0.25, -0.2) is 18.9 Å². The molecule has 41 heavy (non-hydrogen) atoms. The van der Waals surface area contributed by atoms with Crippen molar-refractivity contribution in [3.63, 3.8) is 0 Å². The summed E-state index contributed by atoms with van der Waals surface area (Å²) in [4.78, 5) is 0. The molecule has 0 rings (SSSR count). The first-order valence-corrected chi connectivity index (χ1v) is 16.4. The summed E-state index contributed by atoms with van der Waals surface area (Å²) in [6, 6.07) is 0. The van der Waals surface area contributed by atoms with Crippen molar-refractivity contribution < 1.29 is 173 Å². The first kappa shape index (κ1) is 60.0. The van der Waals surface area contributed by atoms with Gasteiger partial charge in [0.15, 0.2) is 0 Å². The van der Waals surface area contributed by atoms with Crippen molar-refractivity contribution in [2.24, 2.45) is 11.5 Å². The topological polar surface area (TPSA) is 324 Å². The van der Waals surface area contributed by atoms with E-state index in [-0.39, 0.29) is 113 Å². The second kappa shape index (κ2) is 50.5. The molecule has 0 aliphatic rings. The molecule has 0 bridgehead atoms. The zero-order chi connectivity index (χ0) is 30.0. The minimum Gasteiger partial charge on any atom is -0.748 e. The van der Waals surface area contributed by atoms with E-state index in [1.54, 1.807) is 0 Å². The third-order valence-corrected chi connectivity index (χ3v) is 6.46. The first-order valence-electron chi connectivity index (χ1n) is 9.60. The minimum absolute atomic E-state index is 0. The predicted molar refractivity (Wildman–Crippen MR) is 131 cm³/mol. The number of hydrogen-bond acceptors (Lipinski definition) is 23. The summed E-state index contributed by atoms with van der Waals surface area (Å²) in [5.74, 6) is 1.18. The Labute approximate surface area is 322 Å². The Morgan fingerprint density at radius 1 is 0.610 bits per heavy atom. The van der Waals surface area contributed by atoms with Crippen LogP contribution in [0.25, 0.3) is 0 Å². The molecule has 0 aliphatic heterocycles. The van der Waals surface area contributed by atoms with Crippen LogP contribution >= 0.6 is 48.2 Å². The Morgan fingerprint density at radius 2 is 0.927 bits per heavy atom. The second-order valence-corrected chi connectivity index (χ2v) is 11.6. The van der Waals surface area contributed by atoms with Gasteiger partial charge in [-0.15, -0.1) is 8.67 Å². The Bertz CT molecular complexity index is 583. The van der Waals surface area contributed by atoms with Crippen LogP contribution in [-0.2, 0) is 57.7 Å². The smallest absolute Gasteiger partial charge is 0.748 e. The molecule has 0 heterocycles. The summed E-state index contributed by atoms with van der Waals surface area (Å²) >= 11 is 3.39. The van der Waals surface area contributed by atoms with Crippen LogP contribution in [0.5, 0.6) is 0 Å². The van der Waals surface area contributed by atoms with E-state index in [0.29, 0.717) is 36.6 Å². The average molecular weight is 753 g/mol. The quantitative estimate of drug-likeness (QED) is 0.0171. The molecule has 0 unspecified atom stereocenters. The summed E-state index contributed by atoms with van der Waals surface area (Å²) in [7, 11) is -8.03. The van der Waals surface area contributed by atoms with Crippen LogP contribution in [-0.4, -0.2) is 84.1 Å². The van der Waals surface area contributed by atoms with Crippen LogP contribution in [0.4, 0.5) is 0 Å². The van der Waals surface area contributed by atoms with Crippen LogP contribution in [0.15, 0.2) is 0 Å². The molecule has 0 aliphatic carbocycles. The molecule has 0 atom stereocenters. The number of rotatable bonds is 22. The van der Waals surface area contributed by atoms with Crippen LogP contribution in [0.3, 0.4) is 0 Å². The van der Waals surface area contributed by atoms with Gasteiger partial charge in [0.1, 0.15) is 0 Å². The monoisotopic (exact) mass is 752 g/mol. The van der Waals surface area contributed by atoms with Crippen molar-refractivity contribution in [2.45, 2.75) is 25.7 Å². The molecular formula is C12H31N2Na3O18S6. The maximum absolute atomic E-state index is 10.1. The van der Waals surface area contributed by atoms with Crippen LogP contribution in [0.2, 0.25) is 0 Å². The van der Waals surface area contributed by atoms with Crippen molar-refractivity contribution in [1.29, 1.82) is 0 Å². The molecular weight excluding hydrogens is 722 g/mol. The molecule has 20 nitrogen and oxygen atoms in total. The van der Waals surface area contributed by atoms with Gasteiger partial charge in [0.05, 0.1) is 15.9 Å². The van der Waals surface area contributed by atoms with Gasteiger partial charge in [-0.2, -0.15) is 17.1 Å². The van der Waals surface area contributed by atoms with Crippen molar-refractivity contribution in [2.75, 3.05) is 47.6 Å². The maximum Gasteiger partial charge on any atom is 1.00 e. The van der Waals surface area contributed by atoms with Crippen molar-refractivity contribution in [1.82, 2.24) is 0 Å². The second-order valence-electron chi connectivity index (χ2n) is 5.38. The molecule has 0 aromatic rings. The molecule has 0 fully saturated rings. The summed E-state index contributed by atoms with van der Waals surface area (Å²) in [6.07, 6.45) is 2.05. The fourth-order valence-electron chi connectivity index (χ4n) is 1.10. The van der Waals surface area contributed by atoms with E-state index in [2.05, 4.69) is 37.5 Å². The zero-order valence-electron chi connectivity index (χ0n) is 22.6. The molecule has 0 saturated heterocycles. The molecule has 0 spiro atoms. The van der Waals surface area contributed by atoms with Gasteiger partial charge in [0.2, 0.25) is 0 Å². The van der Waals surface area contributed by atoms with Crippen molar-refractivity contribution >= 4 is 68.4 Å². The largest absolute Gasteiger partial charge is 1.00 e. The fraction of sp³-hybridized carbons (Fsp3) is 1.00. The van der Waals surface area contributed by atoms with Crippen LogP contribution in [0.1, 0.15) is 25.7 Å². The summed E-state index contributed by atoms with van der Waals surface area (Å²) < 4.78 is 74.0. The van der Waals surface area contributed by atoms with E-state index in [0.717, 1.165) is 54.7 Å². The first-order chi connectivity index (χ1) is 17.9. The molecule has 0 radical (unpaired) electrons. The third kappa shape index (κ3) is 86.1. The van der Waals surface area contributed by atoms with Gasteiger partial charge in [-0.1, -0.05) is 10.1 Å². The summed E-state index contributed by atoms with van der Waals surface area (Å²) in [5.41, 5.74) is 10.3. The van der Waals surface area contributed by atoms with Gasteiger partial charge in [0, 0.05) is 76.9 Å². The van der Waals surface area contributed by atoms with E-state index in [1.165, 1.54) is 0 Å². The van der Waals surface area contributed by atoms with E-state index >= 15 is 0 Å². The van der Waals surface area contributed by atoms with E-state index in [9.17, 15) is 21.4 Å².